The number of fused-ring (bicyclic) bond motifs is 1. The van der Waals surface area contributed by atoms with Gasteiger partial charge in [-0.05, 0) is 19.1 Å². The van der Waals surface area contributed by atoms with Crippen LogP contribution in [0.5, 0.6) is 0 Å². The second-order valence-electron chi connectivity index (χ2n) is 4.23. The Morgan fingerprint density at radius 2 is 1.89 bits per heavy atom. The molecule has 2 heterocycles. The maximum absolute atomic E-state index is 11.2. The number of hydrogen-bond acceptors (Lipinski definition) is 3. The largest absolute Gasteiger partial charge is 0.478 e. The lowest BCUT2D eigenvalue weighted by molar-refractivity contribution is 0.0698. The molecule has 0 unspecified atom stereocenters. The van der Waals surface area contributed by atoms with Crippen LogP contribution in [0.25, 0.3) is 17.0 Å². The van der Waals surface area contributed by atoms with Crippen molar-refractivity contribution in [2.45, 2.75) is 6.92 Å². The molecule has 3 rings (SSSR count). The molecule has 0 spiro atoms. The fraction of sp³-hybridized carbons (Fsp3) is 0.0714. The van der Waals surface area contributed by atoms with Crippen molar-refractivity contribution in [3.8, 4) is 11.4 Å². The van der Waals surface area contributed by atoms with E-state index in [2.05, 4.69) is 10.1 Å². The Balaban J connectivity index is 2.29. The van der Waals surface area contributed by atoms with Crippen LogP contribution in [0.15, 0.2) is 42.5 Å². The third-order valence-corrected chi connectivity index (χ3v) is 2.94. The number of aryl methyl sites for hydroxylation is 1. The number of carbonyl (C=O) groups is 1. The minimum absolute atomic E-state index is 0.153. The maximum Gasteiger partial charge on any atom is 0.339 e. The fourth-order valence-electron chi connectivity index (χ4n) is 1.96. The van der Waals surface area contributed by atoms with Crippen molar-refractivity contribution in [2.75, 3.05) is 0 Å². The molecular formula is C14H11N3O2. The zero-order chi connectivity index (χ0) is 13.4. The molecule has 5 nitrogen and oxygen atoms in total. The number of rotatable bonds is 2. The summed E-state index contributed by atoms with van der Waals surface area (Å²) in [6.07, 6.45) is 0. The second-order valence-corrected chi connectivity index (χ2v) is 4.23. The van der Waals surface area contributed by atoms with Gasteiger partial charge in [-0.1, -0.05) is 30.3 Å². The molecule has 0 amide bonds. The Morgan fingerprint density at radius 1 is 1.16 bits per heavy atom. The normalized spacial score (nSPS) is 10.8. The molecule has 0 saturated carbocycles. The molecule has 0 bridgehead atoms. The van der Waals surface area contributed by atoms with Gasteiger partial charge >= 0.3 is 5.97 Å². The minimum Gasteiger partial charge on any atom is -0.478 e. The summed E-state index contributed by atoms with van der Waals surface area (Å²) < 4.78 is 1.56. The molecule has 0 fully saturated rings. The first kappa shape index (κ1) is 11.4. The van der Waals surface area contributed by atoms with E-state index >= 15 is 0 Å². The molecule has 0 atom stereocenters. The Bertz CT molecular complexity index is 763. The number of hydrogen-bond donors (Lipinski definition) is 1. The second kappa shape index (κ2) is 4.20. The Morgan fingerprint density at radius 3 is 2.58 bits per heavy atom. The van der Waals surface area contributed by atoms with Crippen LogP contribution in [0.4, 0.5) is 0 Å². The SMILES string of the molecule is Cc1ccc(C(=O)O)c2nc(-c3ccccc3)nn12. The van der Waals surface area contributed by atoms with E-state index in [0.717, 1.165) is 11.3 Å². The molecule has 0 aliphatic rings. The van der Waals surface area contributed by atoms with Gasteiger partial charge in [-0.15, -0.1) is 5.10 Å². The van der Waals surface area contributed by atoms with E-state index in [4.69, 9.17) is 0 Å². The molecule has 0 aliphatic heterocycles. The summed E-state index contributed by atoms with van der Waals surface area (Å²) in [5.41, 5.74) is 2.23. The van der Waals surface area contributed by atoms with Gasteiger partial charge in [-0.2, -0.15) is 0 Å². The molecule has 94 valence electrons. The number of carboxylic acid groups (broad SMARTS) is 1. The third-order valence-electron chi connectivity index (χ3n) is 2.94. The molecule has 1 aromatic carbocycles. The summed E-state index contributed by atoms with van der Waals surface area (Å²) in [5, 5.41) is 13.5. The maximum atomic E-state index is 11.2. The summed E-state index contributed by atoms with van der Waals surface area (Å²) in [5.74, 6) is -0.477. The van der Waals surface area contributed by atoms with Gasteiger partial charge in [0.25, 0.3) is 0 Å². The van der Waals surface area contributed by atoms with Gasteiger partial charge in [-0.25, -0.2) is 14.3 Å². The summed E-state index contributed by atoms with van der Waals surface area (Å²) in [6, 6.07) is 12.8. The quantitative estimate of drug-likeness (QED) is 0.761. The minimum atomic E-state index is -1.00. The molecule has 0 aliphatic carbocycles. The van der Waals surface area contributed by atoms with Crippen molar-refractivity contribution in [1.82, 2.24) is 14.6 Å². The molecule has 5 heteroatoms. The highest BCUT2D eigenvalue weighted by Crippen LogP contribution is 2.19. The summed E-state index contributed by atoms with van der Waals surface area (Å²) in [4.78, 5) is 15.5. The third kappa shape index (κ3) is 1.85. The number of aromatic nitrogens is 3. The lowest BCUT2D eigenvalue weighted by Gasteiger charge is -1.99. The van der Waals surface area contributed by atoms with E-state index in [1.165, 1.54) is 0 Å². The topological polar surface area (TPSA) is 67.5 Å². The first-order valence-electron chi connectivity index (χ1n) is 5.82. The average molecular weight is 253 g/mol. The number of aromatic carboxylic acids is 1. The van der Waals surface area contributed by atoms with Crippen molar-refractivity contribution >= 4 is 11.6 Å². The predicted octanol–water partition coefficient (Wildman–Crippen LogP) is 2.40. The molecule has 3 aromatic rings. The Kier molecular flexibility index (Phi) is 2.52. The van der Waals surface area contributed by atoms with Gasteiger partial charge in [0.2, 0.25) is 0 Å². The van der Waals surface area contributed by atoms with Gasteiger partial charge < -0.3 is 5.11 Å². The smallest absolute Gasteiger partial charge is 0.339 e. The Labute approximate surface area is 109 Å². The molecule has 0 radical (unpaired) electrons. The van der Waals surface area contributed by atoms with E-state index in [9.17, 15) is 9.90 Å². The van der Waals surface area contributed by atoms with E-state index in [-0.39, 0.29) is 5.56 Å². The Hall–Kier alpha value is -2.69. The monoisotopic (exact) mass is 253 g/mol. The van der Waals surface area contributed by atoms with Crippen LogP contribution in [0, 0.1) is 6.92 Å². The van der Waals surface area contributed by atoms with Crippen LogP contribution in [-0.2, 0) is 0 Å². The van der Waals surface area contributed by atoms with Crippen LogP contribution in [0.2, 0.25) is 0 Å². The summed E-state index contributed by atoms with van der Waals surface area (Å²) in [7, 11) is 0. The van der Waals surface area contributed by atoms with E-state index in [1.807, 2.05) is 37.3 Å². The van der Waals surface area contributed by atoms with Crippen LogP contribution in [0.1, 0.15) is 16.1 Å². The molecule has 19 heavy (non-hydrogen) atoms. The molecule has 1 N–H and O–H groups in total. The number of nitrogens with zero attached hydrogens (tertiary/aromatic N) is 3. The van der Waals surface area contributed by atoms with Gasteiger partial charge in [-0.3, -0.25) is 0 Å². The van der Waals surface area contributed by atoms with Crippen molar-refractivity contribution in [3.05, 3.63) is 53.7 Å². The van der Waals surface area contributed by atoms with E-state index in [1.54, 1.807) is 16.6 Å². The van der Waals surface area contributed by atoms with Crippen LogP contribution in [-0.4, -0.2) is 25.7 Å². The average Bonchev–Trinajstić information content (AvgIpc) is 2.85. The summed E-state index contributed by atoms with van der Waals surface area (Å²) in [6.45, 7) is 1.86. The van der Waals surface area contributed by atoms with Crippen LogP contribution in [0.3, 0.4) is 0 Å². The van der Waals surface area contributed by atoms with Crippen molar-refractivity contribution in [3.63, 3.8) is 0 Å². The van der Waals surface area contributed by atoms with Crippen LogP contribution >= 0.6 is 0 Å². The van der Waals surface area contributed by atoms with E-state index < -0.39 is 5.97 Å². The molecule has 2 aromatic heterocycles. The molecular weight excluding hydrogens is 242 g/mol. The highest BCUT2D eigenvalue weighted by Gasteiger charge is 2.15. The highest BCUT2D eigenvalue weighted by molar-refractivity contribution is 5.94. The van der Waals surface area contributed by atoms with Gasteiger partial charge in [0.15, 0.2) is 11.5 Å². The van der Waals surface area contributed by atoms with E-state index in [0.29, 0.717) is 11.5 Å². The number of carboxylic acids is 1. The van der Waals surface area contributed by atoms with Gasteiger partial charge in [0.1, 0.15) is 5.56 Å². The number of pyridine rings is 1. The van der Waals surface area contributed by atoms with Crippen molar-refractivity contribution in [2.24, 2.45) is 0 Å². The number of benzene rings is 1. The zero-order valence-electron chi connectivity index (χ0n) is 10.2. The zero-order valence-corrected chi connectivity index (χ0v) is 10.2. The van der Waals surface area contributed by atoms with Gasteiger partial charge in [0, 0.05) is 11.3 Å². The van der Waals surface area contributed by atoms with Crippen molar-refractivity contribution < 1.29 is 9.90 Å². The van der Waals surface area contributed by atoms with Crippen LogP contribution < -0.4 is 0 Å². The lowest BCUT2D eigenvalue weighted by Crippen LogP contribution is -2.03. The lowest BCUT2D eigenvalue weighted by atomic mass is 10.2. The standard InChI is InChI=1S/C14H11N3O2/c1-9-7-8-11(14(18)19)13-15-12(16-17(9)13)10-5-3-2-4-6-10/h2-8H,1H3,(H,18,19). The first-order valence-corrected chi connectivity index (χ1v) is 5.82. The van der Waals surface area contributed by atoms with Crippen molar-refractivity contribution in [1.29, 1.82) is 0 Å². The molecule has 0 saturated heterocycles. The highest BCUT2D eigenvalue weighted by atomic mass is 16.4. The predicted molar refractivity (Wildman–Crippen MR) is 70.1 cm³/mol. The van der Waals surface area contributed by atoms with Gasteiger partial charge in [0.05, 0.1) is 0 Å². The fourth-order valence-corrected chi connectivity index (χ4v) is 1.96. The first-order chi connectivity index (χ1) is 9.16. The summed E-state index contributed by atoms with van der Waals surface area (Å²) >= 11 is 0.